The lowest BCUT2D eigenvalue weighted by Gasteiger charge is -2.19. The monoisotopic (exact) mass is 430 g/mol. The van der Waals surface area contributed by atoms with E-state index in [2.05, 4.69) is 101 Å². The van der Waals surface area contributed by atoms with E-state index in [9.17, 15) is 0 Å². The van der Waals surface area contributed by atoms with Crippen molar-refractivity contribution in [2.75, 3.05) is 0 Å². The van der Waals surface area contributed by atoms with E-state index in [0.29, 0.717) is 11.8 Å². The first-order valence-corrected chi connectivity index (χ1v) is 12.0. The van der Waals surface area contributed by atoms with E-state index >= 15 is 0 Å². The van der Waals surface area contributed by atoms with Gasteiger partial charge in [0.15, 0.2) is 0 Å². The molecule has 0 unspecified atom stereocenters. The van der Waals surface area contributed by atoms with Gasteiger partial charge in [-0.05, 0) is 47.9 Å². The predicted octanol–water partition coefficient (Wildman–Crippen LogP) is 9.09. The number of rotatable bonds is 5. The van der Waals surface area contributed by atoms with Crippen LogP contribution in [0.1, 0.15) is 68.2 Å². The molecule has 164 valence electrons. The maximum Gasteiger partial charge on any atom is 0.142 e. The van der Waals surface area contributed by atoms with Crippen LogP contribution in [0.5, 0.6) is 0 Å². The lowest BCUT2D eigenvalue weighted by molar-refractivity contribution is 0.591. The Balaban J connectivity index is 1.80. The summed E-state index contributed by atoms with van der Waals surface area (Å²) in [5.41, 5.74) is 9.82. The van der Waals surface area contributed by atoms with Crippen molar-refractivity contribution in [2.24, 2.45) is 0 Å². The van der Waals surface area contributed by atoms with Crippen molar-refractivity contribution in [1.82, 2.24) is 0 Å². The lowest BCUT2D eigenvalue weighted by Crippen LogP contribution is -2.00. The van der Waals surface area contributed by atoms with E-state index in [1.807, 2.05) is 12.1 Å². The molecule has 33 heavy (non-hydrogen) atoms. The standard InChI is InChI=1S/C32H30O/c1-21(2)24-19-12-20-25(22(3)4)30(24)32-29-18-11-10-17-28(29)31(33-32)27-16-9-8-15-26(27)23-13-6-5-7-14-23/h5-6,8-9,11-13,15-16,18-22H,10,17H2,1-4H3. The summed E-state index contributed by atoms with van der Waals surface area (Å²) in [5.74, 6) is 2.84. The van der Waals surface area contributed by atoms with Crippen molar-refractivity contribution < 1.29 is 4.42 Å². The van der Waals surface area contributed by atoms with Gasteiger partial charge in [0, 0.05) is 33.4 Å². The molecule has 1 nitrogen and oxygen atoms in total. The van der Waals surface area contributed by atoms with Crippen LogP contribution in [0.15, 0.2) is 71.2 Å². The number of furan rings is 1. The van der Waals surface area contributed by atoms with Crippen LogP contribution in [0, 0.1) is 12.1 Å². The summed E-state index contributed by atoms with van der Waals surface area (Å²) in [4.78, 5) is 0. The average molecular weight is 431 g/mol. The lowest BCUT2D eigenvalue weighted by atomic mass is 9.85. The zero-order valence-corrected chi connectivity index (χ0v) is 19.9. The van der Waals surface area contributed by atoms with Gasteiger partial charge in [0.2, 0.25) is 0 Å². The number of benzene rings is 2. The fourth-order valence-corrected chi connectivity index (χ4v) is 4.97. The Hall–Kier alpha value is -3.50. The highest BCUT2D eigenvalue weighted by atomic mass is 16.3. The van der Waals surface area contributed by atoms with Crippen molar-refractivity contribution in [3.8, 4) is 33.8 Å². The highest BCUT2D eigenvalue weighted by Gasteiger charge is 2.27. The Labute approximate surface area is 197 Å². The first kappa shape index (κ1) is 21.4. The highest BCUT2D eigenvalue weighted by Crippen LogP contribution is 2.46. The van der Waals surface area contributed by atoms with Crippen LogP contribution < -0.4 is 0 Å². The van der Waals surface area contributed by atoms with Gasteiger partial charge in [0.25, 0.3) is 0 Å². The molecule has 5 rings (SSSR count). The molecule has 3 aromatic carbocycles. The van der Waals surface area contributed by atoms with E-state index < -0.39 is 0 Å². The molecule has 1 heteroatoms. The van der Waals surface area contributed by atoms with Gasteiger partial charge in [-0.1, -0.05) is 101 Å². The molecule has 4 aromatic rings. The van der Waals surface area contributed by atoms with Crippen molar-refractivity contribution in [3.63, 3.8) is 0 Å². The van der Waals surface area contributed by atoms with Gasteiger partial charge < -0.3 is 4.42 Å². The highest BCUT2D eigenvalue weighted by molar-refractivity contribution is 5.88. The third-order valence-corrected chi connectivity index (χ3v) is 6.60. The summed E-state index contributed by atoms with van der Waals surface area (Å²) in [6.07, 6.45) is 6.58. The molecule has 0 bridgehead atoms. The number of fused-ring (bicyclic) bond motifs is 1. The third kappa shape index (κ3) is 3.81. The van der Waals surface area contributed by atoms with Crippen LogP contribution >= 0.6 is 0 Å². The van der Waals surface area contributed by atoms with Crippen LogP contribution in [-0.2, 0) is 6.42 Å². The fourth-order valence-electron chi connectivity index (χ4n) is 4.97. The Morgan fingerprint density at radius 1 is 0.788 bits per heavy atom. The van der Waals surface area contributed by atoms with Gasteiger partial charge in [-0.3, -0.25) is 0 Å². The van der Waals surface area contributed by atoms with Crippen LogP contribution in [0.4, 0.5) is 0 Å². The zero-order chi connectivity index (χ0) is 22.9. The molecule has 0 radical (unpaired) electrons. The molecule has 0 aliphatic heterocycles. The minimum Gasteiger partial charge on any atom is -0.455 e. The molecule has 1 aliphatic rings. The topological polar surface area (TPSA) is 13.1 Å². The van der Waals surface area contributed by atoms with Gasteiger partial charge >= 0.3 is 0 Å². The Morgan fingerprint density at radius 2 is 1.52 bits per heavy atom. The summed E-state index contributed by atoms with van der Waals surface area (Å²) in [7, 11) is 0. The Morgan fingerprint density at radius 3 is 2.18 bits per heavy atom. The van der Waals surface area contributed by atoms with Gasteiger partial charge in [-0.25, -0.2) is 0 Å². The van der Waals surface area contributed by atoms with Crippen LogP contribution in [-0.4, -0.2) is 0 Å². The molecule has 1 aliphatic carbocycles. The SMILES string of the molecule is CC(C)c1cccc(C(C)C)c1-c1oc(-c2ccccc2-c2c#cccc2)c2c1C=CCC2. The maximum atomic E-state index is 6.91. The van der Waals surface area contributed by atoms with Gasteiger partial charge in [-0.15, -0.1) is 0 Å². The van der Waals surface area contributed by atoms with Gasteiger partial charge in [0.1, 0.15) is 11.5 Å². The zero-order valence-electron chi connectivity index (χ0n) is 19.9. The van der Waals surface area contributed by atoms with Crippen molar-refractivity contribution >= 4 is 6.08 Å². The smallest absolute Gasteiger partial charge is 0.142 e. The normalized spacial score (nSPS) is 12.8. The molecule has 0 saturated carbocycles. The molecule has 0 N–H and O–H groups in total. The quantitative estimate of drug-likeness (QED) is 0.308. The summed E-state index contributed by atoms with van der Waals surface area (Å²) >= 11 is 0. The predicted molar refractivity (Wildman–Crippen MR) is 138 cm³/mol. The van der Waals surface area contributed by atoms with Crippen molar-refractivity contribution in [1.29, 1.82) is 0 Å². The molecule has 0 fully saturated rings. The second-order valence-electron chi connectivity index (χ2n) is 9.47. The van der Waals surface area contributed by atoms with Crippen LogP contribution in [0.3, 0.4) is 0 Å². The van der Waals surface area contributed by atoms with E-state index in [-0.39, 0.29) is 0 Å². The van der Waals surface area contributed by atoms with E-state index in [1.165, 1.54) is 27.8 Å². The molecule has 0 amide bonds. The Bertz CT molecular complexity index is 1280. The number of hydrogen-bond acceptors (Lipinski definition) is 1. The van der Waals surface area contributed by atoms with E-state index in [4.69, 9.17) is 4.42 Å². The average Bonchev–Trinajstić information content (AvgIpc) is 3.23. The minimum absolute atomic E-state index is 0.414. The largest absolute Gasteiger partial charge is 0.455 e. The molecular formula is C32H30O. The number of allylic oxidation sites excluding steroid dienone is 1. The first-order valence-electron chi connectivity index (χ1n) is 12.0. The molecule has 0 saturated heterocycles. The summed E-state index contributed by atoms with van der Waals surface area (Å²) in [5, 5.41) is 0. The summed E-state index contributed by atoms with van der Waals surface area (Å²) in [6, 6.07) is 27.6. The third-order valence-electron chi connectivity index (χ3n) is 6.60. The van der Waals surface area contributed by atoms with E-state index in [1.54, 1.807) is 0 Å². The van der Waals surface area contributed by atoms with Gasteiger partial charge in [-0.2, -0.15) is 0 Å². The first-order chi connectivity index (χ1) is 16.1. The second kappa shape index (κ2) is 8.80. The maximum absolute atomic E-state index is 6.91. The molecule has 0 atom stereocenters. The van der Waals surface area contributed by atoms with Crippen molar-refractivity contribution in [3.05, 3.63) is 101 Å². The van der Waals surface area contributed by atoms with Crippen molar-refractivity contribution in [2.45, 2.75) is 52.4 Å². The molecule has 1 aromatic heterocycles. The number of hydrogen-bond donors (Lipinski definition) is 0. The molecule has 1 heterocycles. The summed E-state index contributed by atoms with van der Waals surface area (Å²) in [6.45, 7) is 9.08. The minimum atomic E-state index is 0.414. The fraction of sp³-hybridized carbons (Fsp3) is 0.250. The van der Waals surface area contributed by atoms with Gasteiger partial charge in [0.05, 0.1) is 0 Å². The summed E-state index contributed by atoms with van der Waals surface area (Å²) < 4.78 is 6.91. The van der Waals surface area contributed by atoms with E-state index in [0.717, 1.165) is 41.1 Å². The second-order valence-corrected chi connectivity index (χ2v) is 9.47. The molecule has 0 spiro atoms. The Kier molecular flexibility index (Phi) is 5.69. The van der Waals surface area contributed by atoms with Crippen LogP contribution in [0.25, 0.3) is 39.9 Å². The van der Waals surface area contributed by atoms with Crippen LogP contribution in [0.2, 0.25) is 0 Å². The molecular weight excluding hydrogens is 400 g/mol.